The molecule has 0 radical (unpaired) electrons. The van der Waals surface area contributed by atoms with Crippen LogP contribution in [0.3, 0.4) is 0 Å². The summed E-state index contributed by atoms with van der Waals surface area (Å²) in [7, 11) is 1.78. The van der Waals surface area contributed by atoms with Crippen molar-refractivity contribution in [2.24, 2.45) is 5.92 Å². The lowest BCUT2D eigenvalue weighted by atomic mass is 9.93. The summed E-state index contributed by atoms with van der Waals surface area (Å²) in [5.41, 5.74) is 0.961. The van der Waals surface area contributed by atoms with E-state index >= 15 is 0 Å². The van der Waals surface area contributed by atoms with Crippen LogP contribution in [0.5, 0.6) is 0 Å². The zero-order valence-corrected chi connectivity index (χ0v) is 16.6. The average molecular weight is 386 g/mol. The quantitative estimate of drug-likeness (QED) is 0.766. The number of nitrogens with one attached hydrogen (secondary N) is 1. The third kappa shape index (κ3) is 4.30. The number of aliphatic hydroxyl groups excluding tert-OH is 1. The summed E-state index contributed by atoms with van der Waals surface area (Å²) < 4.78 is 13.5. The van der Waals surface area contributed by atoms with E-state index in [9.17, 15) is 5.11 Å². The number of benzene rings is 1. The second-order valence-electron chi connectivity index (χ2n) is 8.16. The number of hydrogen-bond donors (Lipinski definition) is 2. The highest BCUT2D eigenvalue weighted by atomic mass is 16.5. The van der Waals surface area contributed by atoms with Gasteiger partial charge in [-0.2, -0.15) is 0 Å². The fourth-order valence-corrected chi connectivity index (χ4v) is 4.58. The molecule has 1 aromatic heterocycles. The molecule has 3 atom stereocenters. The van der Waals surface area contributed by atoms with Crippen LogP contribution >= 0.6 is 0 Å². The van der Waals surface area contributed by atoms with E-state index < -0.39 is 0 Å². The Labute approximate surface area is 166 Å². The van der Waals surface area contributed by atoms with Crippen LogP contribution < -0.4 is 5.32 Å². The smallest absolute Gasteiger partial charge is 0.139 e. The van der Waals surface area contributed by atoms with Crippen LogP contribution in [0.1, 0.15) is 25.7 Å². The van der Waals surface area contributed by atoms with E-state index in [-0.39, 0.29) is 17.7 Å². The zero-order chi connectivity index (χ0) is 19.4. The van der Waals surface area contributed by atoms with Crippen LogP contribution in [0.2, 0.25) is 0 Å². The first-order valence-corrected chi connectivity index (χ1v) is 10.3. The highest BCUT2D eigenvalue weighted by Gasteiger charge is 2.37. The summed E-state index contributed by atoms with van der Waals surface area (Å²) in [6, 6.07) is 10.4. The maximum Gasteiger partial charge on any atom is 0.139 e. The minimum absolute atomic E-state index is 0.114. The van der Waals surface area contributed by atoms with E-state index in [0.29, 0.717) is 5.92 Å². The van der Waals surface area contributed by atoms with Gasteiger partial charge in [-0.3, -0.25) is 0 Å². The van der Waals surface area contributed by atoms with Gasteiger partial charge in [-0.1, -0.05) is 30.3 Å². The molecule has 152 valence electrons. The molecule has 1 aliphatic heterocycles. The van der Waals surface area contributed by atoms with Crippen molar-refractivity contribution < 1.29 is 14.6 Å². The summed E-state index contributed by atoms with van der Waals surface area (Å²) in [5.74, 6) is 1.42. The molecule has 1 saturated heterocycles. The number of ether oxygens (including phenoxy) is 2. The van der Waals surface area contributed by atoms with Crippen molar-refractivity contribution in [3.05, 3.63) is 42.7 Å². The van der Waals surface area contributed by atoms with Crippen molar-refractivity contribution >= 4 is 0 Å². The number of hydrogen-bond acceptors (Lipinski definition) is 5. The molecule has 2 aromatic rings. The molecule has 0 spiro atoms. The number of rotatable bonds is 7. The van der Waals surface area contributed by atoms with Gasteiger partial charge in [0.25, 0.3) is 0 Å². The highest BCUT2D eigenvalue weighted by Crippen LogP contribution is 2.31. The summed E-state index contributed by atoms with van der Waals surface area (Å²) in [6.45, 7) is 3.13. The maximum absolute atomic E-state index is 10.6. The van der Waals surface area contributed by atoms with Gasteiger partial charge in [0.05, 0.1) is 11.7 Å². The molecule has 6 heteroatoms. The van der Waals surface area contributed by atoms with Gasteiger partial charge >= 0.3 is 0 Å². The van der Waals surface area contributed by atoms with E-state index in [1.54, 1.807) is 7.11 Å². The number of imidazole rings is 1. The van der Waals surface area contributed by atoms with Gasteiger partial charge in [0.15, 0.2) is 0 Å². The highest BCUT2D eigenvalue weighted by molar-refractivity contribution is 5.55. The molecule has 2 N–H and O–H groups in total. The first kappa shape index (κ1) is 19.6. The molecule has 2 fully saturated rings. The van der Waals surface area contributed by atoms with Gasteiger partial charge in [-0.05, 0) is 18.8 Å². The van der Waals surface area contributed by atoms with E-state index in [4.69, 9.17) is 9.47 Å². The van der Waals surface area contributed by atoms with Gasteiger partial charge in [0.1, 0.15) is 5.82 Å². The van der Waals surface area contributed by atoms with Crippen molar-refractivity contribution in [3.63, 3.8) is 0 Å². The molecule has 1 aromatic carbocycles. The Balaban J connectivity index is 1.35. The van der Waals surface area contributed by atoms with E-state index in [0.717, 1.165) is 63.4 Å². The van der Waals surface area contributed by atoms with Crippen LogP contribution in [0, 0.1) is 5.92 Å². The molecule has 1 unspecified atom stereocenters. The van der Waals surface area contributed by atoms with Crippen LogP contribution in [0.25, 0.3) is 11.4 Å². The summed E-state index contributed by atoms with van der Waals surface area (Å²) in [4.78, 5) is 4.54. The van der Waals surface area contributed by atoms with Crippen LogP contribution in [0.4, 0.5) is 0 Å². The van der Waals surface area contributed by atoms with Crippen LogP contribution in [0.15, 0.2) is 42.7 Å². The summed E-state index contributed by atoms with van der Waals surface area (Å²) in [6.07, 6.45) is 7.16. The number of aromatic nitrogens is 2. The lowest BCUT2D eigenvalue weighted by Gasteiger charge is -2.37. The number of methoxy groups -OCH3 is 1. The van der Waals surface area contributed by atoms with E-state index in [1.165, 1.54) is 0 Å². The Morgan fingerprint density at radius 2 is 2.04 bits per heavy atom. The van der Waals surface area contributed by atoms with Gasteiger partial charge in [0, 0.05) is 70.3 Å². The second-order valence-corrected chi connectivity index (χ2v) is 8.16. The largest absolute Gasteiger partial charge is 0.391 e. The van der Waals surface area contributed by atoms with Gasteiger partial charge < -0.3 is 24.5 Å². The molecule has 2 aliphatic rings. The predicted octanol–water partition coefficient (Wildman–Crippen LogP) is 2.47. The van der Waals surface area contributed by atoms with Crippen molar-refractivity contribution in [2.45, 2.75) is 50.0 Å². The Morgan fingerprint density at radius 1 is 1.25 bits per heavy atom. The molecule has 28 heavy (non-hydrogen) atoms. The molecule has 6 nitrogen and oxygen atoms in total. The molecule has 1 aliphatic carbocycles. The normalized spacial score (nSPS) is 27.1. The lowest BCUT2D eigenvalue weighted by Crippen LogP contribution is -2.50. The predicted molar refractivity (Wildman–Crippen MR) is 108 cm³/mol. The zero-order valence-electron chi connectivity index (χ0n) is 16.6. The second kappa shape index (κ2) is 8.74. The van der Waals surface area contributed by atoms with Crippen molar-refractivity contribution in [2.75, 3.05) is 26.9 Å². The monoisotopic (exact) mass is 385 g/mol. The molecular formula is C22H31N3O3. The summed E-state index contributed by atoms with van der Waals surface area (Å²) >= 11 is 0. The van der Waals surface area contributed by atoms with Gasteiger partial charge in [-0.25, -0.2) is 4.98 Å². The fraction of sp³-hybridized carbons (Fsp3) is 0.591. The molecule has 1 saturated carbocycles. The van der Waals surface area contributed by atoms with E-state index in [1.807, 2.05) is 30.6 Å². The molecule has 2 heterocycles. The minimum Gasteiger partial charge on any atom is -0.391 e. The third-order valence-electron chi connectivity index (χ3n) is 6.35. The number of nitrogens with zero attached hydrogens (tertiary/aromatic N) is 2. The third-order valence-corrected chi connectivity index (χ3v) is 6.35. The minimum atomic E-state index is -0.317. The van der Waals surface area contributed by atoms with Crippen molar-refractivity contribution in [3.8, 4) is 11.4 Å². The Bertz CT molecular complexity index is 742. The van der Waals surface area contributed by atoms with Gasteiger partial charge in [0.2, 0.25) is 0 Å². The average Bonchev–Trinajstić information content (AvgIpc) is 3.34. The molecule has 0 bridgehead atoms. The number of aliphatic hydroxyl groups is 1. The first-order chi connectivity index (χ1) is 13.7. The SMILES string of the molecule is COC1(CN[C@@H]2CC(Cn3ccnc3-c3ccccc3)C[C@H]2O)CCOCC1. The first-order valence-electron chi connectivity index (χ1n) is 10.3. The maximum atomic E-state index is 10.6. The van der Waals surface area contributed by atoms with Crippen molar-refractivity contribution in [1.82, 2.24) is 14.9 Å². The fourth-order valence-electron chi connectivity index (χ4n) is 4.58. The topological polar surface area (TPSA) is 68.5 Å². The van der Waals surface area contributed by atoms with Crippen molar-refractivity contribution in [1.29, 1.82) is 0 Å². The lowest BCUT2D eigenvalue weighted by molar-refractivity contribution is -0.0896. The van der Waals surface area contributed by atoms with Gasteiger partial charge in [-0.15, -0.1) is 0 Å². The molecular weight excluding hydrogens is 354 g/mol. The Kier molecular flexibility index (Phi) is 6.11. The molecule has 0 amide bonds. The Hall–Kier alpha value is -1.73. The van der Waals surface area contributed by atoms with E-state index in [2.05, 4.69) is 27.0 Å². The molecule has 4 rings (SSSR count). The van der Waals surface area contributed by atoms with Crippen LogP contribution in [-0.2, 0) is 16.0 Å². The Morgan fingerprint density at radius 3 is 2.79 bits per heavy atom. The standard InChI is InChI=1S/C22H31N3O3/c1-27-22(7-11-28-12-8-22)16-24-19-13-17(14-20(19)26)15-25-10-9-23-21(25)18-5-3-2-4-6-18/h2-6,9-10,17,19-20,24,26H,7-8,11-16H2,1H3/t17?,19-,20-/m1/s1. The summed E-state index contributed by atoms with van der Waals surface area (Å²) in [5, 5.41) is 14.2. The van der Waals surface area contributed by atoms with Crippen LogP contribution in [-0.4, -0.2) is 59.3 Å².